The van der Waals surface area contributed by atoms with E-state index >= 15 is 0 Å². The van der Waals surface area contributed by atoms with Crippen molar-refractivity contribution in [3.05, 3.63) is 0 Å². The molecule has 0 radical (unpaired) electrons. The summed E-state index contributed by atoms with van der Waals surface area (Å²) in [5.74, 6) is -1.50. The smallest absolute Gasteiger partial charge is 0.338 e. The molecule has 4 heterocycles. The van der Waals surface area contributed by atoms with Gasteiger partial charge in [-0.2, -0.15) is 0 Å². The van der Waals surface area contributed by atoms with Gasteiger partial charge in [-0.25, -0.2) is 4.79 Å². The summed E-state index contributed by atoms with van der Waals surface area (Å²) < 4.78 is 37.4. The standard InChI is InChI=1S/C7H12O4.C7H10O4.CH5P.2CH4/c2*1-7(2)10-4-3-9-6(8)5(4)11-7;1-2;;/h4-6,8H,3H2,1-2H3;4-5H,3H2,1-2H3;2H2,1H3;2*1H4/t4?,5-,6?;4?,5-;;;/m00.../s1/i;;2D;;. The molecule has 0 bridgehead atoms. The van der Waals surface area contributed by atoms with E-state index in [1.165, 1.54) is 0 Å². The summed E-state index contributed by atoms with van der Waals surface area (Å²) in [5, 5.41) is 9.20. The van der Waals surface area contributed by atoms with Crippen LogP contribution in [-0.2, 0) is 33.2 Å². The minimum absolute atomic E-state index is 0. The third kappa shape index (κ3) is 5.83. The maximum Gasteiger partial charge on any atom is 0.338 e. The van der Waals surface area contributed by atoms with Gasteiger partial charge in [-0.05, 0) is 27.7 Å². The molecule has 0 aliphatic carbocycles. The number of aliphatic hydroxyl groups is 1. The Balaban J connectivity index is 0.000000412. The van der Waals surface area contributed by atoms with Gasteiger partial charge in [0.05, 0.1) is 7.89 Å². The molecule has 0 aromatic heterocycles. The Bertz CT molecular complexity index is 476. The zero-order valence-electron chi connectivity index (χ0n) is 15.6. The van der Waals surface area contributed by atoms with Gasteiger partial charge >= 0.3 is 5.97 Å². The molecule has 8 nitrogen and oxygen atoms in total. The average Bonchev–Trinajstić information content (AvgIpc) is 3.16. The second-order valence-electron chi connectivity index (χ2n) is 6.59. The van der Waals surface area contributed by atoms with Crippen LogP contribution in [0.3, 0.4) is 0 Å². The molecule has 9 heteroatoms. The van der Waals surface area contributed by atoms with Crippen molar-refractivity contribution in [2.45, 2.75) is 84.8 Å². The van der Waals surface area contributed by atoms with E-state index in [0.29, 0.717) is 22.4 Å². The summed E-state index contributed by atoms with van der Waals surface area (Å²) in [6, 6.07) is 0. The Kier molecular flexibility index (Phi) is 8.87. The molecule has 4 aliphatic rings. The van der Waals surface area contributed by atoms with Crippen LogP contribution in [0.1, 0.15) is 42.5 Å². The lowest BCUT2D eigenvalue weighted by Gasteiger charge is -2.19. The quantitative estimate of drug-likeness (QED) is 0.486. The molecular formula is C17H35O8P. The van der Waals surface area contributed by atoms with E-state index in [4.69, 9.17) is 29.7 Å². The molecule has 4 saturated heterocycles. The van der Waals surface area contributed by atoms with Crippen molar-refractivity contribution in [3.8, 4) is 0 Å². The Hall–Kier alpha value is -0.340. The van der Waals surface area contributed by atoms with E-state index in [-0.39, 0.29) is 39.1 Å². The minimum atomic E-state index is -0.818. The molecule has 4 unspecified atom stereocenters. The van der Waals surface area contributed by atoms with Crippen molar-refractivity contribution in [2.24, 2.45) is 0 Å². The van der Waals surface area contributed by atoms with Crippen molar-refractivity contribution in [1.82, 2.24) is 0 Å². The Labute approximate surface area is 160 Å². The maximum atomic E-state index is 10.9. The molecular weight excluding hydrogens is 363 g/mol. The van der Waals surface area contributed by atoms with Gasteiger partial charge in [-0.1, -0.05) is 21.5 Å². The van der Waals surface area contributed by atoms with E-state index in [2.05, 4.69) is 0 Å². The first-order chi connectivity index (χ1) is 11.6. The van der Waals surface area contributed by atoms with Crippen molar-refractivity contribution in [2.75, 3.05) is 19.9 Å². The van der Waals surface area contributed by atoms with Crippen LogP contribution in [0.25, 0.3) is 0 Å². The van der Waals surface area contributed by atoms with Crippen LogP contribution >= 0.6 is 9.18 Å². The van der Waals surface area contributed by atoms with Crippen LogP contribution in [-0.4, -0.2) is 74.5 Å². The number of carbonyl (C=O) groups is 1. The molecule has 4 rings (SSSR count). The molecule has 0 saturated carbocycles. The summed E-state index contributed by atoms with van der Waals surface area (Å²) in [5.41, 5.74) is 0. The van der Waals surface area contributed by atoms with E-state index in [1.54, 1.807) is 13.8 Å². The lowest BCUT2D eigenvalue weighted by atomic mass is 10.2. The number of esters is 1. The maximum absolute atomic E-state index is 10.9. The summed E-state index contributed by atoms with van der Waals surface area (Å²) in [6.07, 6.45) is -1.91. The number of hydrogen-bond donors (Lipinski definition) is 1. The van der Waals surface area contributed by atoms with Crippen LogP contribution in [0.5, 0.6) is 0 Å². The Morgan fingerprint density at radius 3 is 2.12 bits per heavy atom. The third-order valence-corrected chi connectivity index (χ3v) is 3.74. The fourth-order valence-corrected chi connectivity index (χ4v) is 2.93. The van der Waals surface area contributed by atoms with E-state index in [0.717, 1.165) is 0 Å². The van der Waals surface area contributed by atoms with Gasteiger partial charge in [0.15, 0.2) is 24.0 Å². The van der Waals surface area contributed by atoms with Crippen LogP contribution in [0.15, 0.2) is 0 Å². The summed E-state index contributed by atoms with van der Waals surface area (Å²) in [6.45, 7) is 9.81. The van der Waals surface area contributed by atoms with Crippen LogP contribution in [0.4, 0.5) is 0 Å². The molecule has 4 fully saturated rings. The van der Waals surface area contributed by atoms with Gasteiger partial charge in [0.1, 0.15) is 24.9 Å². The second kappa shape index (κ2) is 9.73. The fourth-order valence-electron chi connectivity index (χ4n) is 2.93. The Morgan fingerprint density at radius 2 is 1.58 bits per heavy atom. The number of carbonyl (C=O) groups excluding carboxylic acids is 1. The lowest BCUT2D eigenvalue weighted by Crippen LogP contribution is -2.29. The van der Waals surface area contributed by atoms with Crippen molar-refractivity contribution >= 4 is 15.2 Å². The van der Waals surface area contributed by atoms with Gasteiger partial charge in [0.25, 0.3) is 0 Å². The van der Waals surface area contributed by atoms with Crippen LogP contribution in [0.2, 0.25) is 0 Å². The molecule has 0 amide bonds. The first kappa shape index (κ1) is 23.7. The number of cyclic esters (lactones) is 1. The zero-order valence-corrected chi connectivity index (χ0v) is 15.6. The molecule has 0 aromatic carbocycles. The number of aliphatic hydroxyl groups excluding tert-OH is 1. The third-order valence-electron chi connectivity index (χ3n) is 3.74. The van der Waals surface area contributed by atoms with Crippen molar-refractivity contribution in [1.29, 1.82) is 1.28 Å². The number of hydrogen-bond acceptors (Lipinski definition) is 8. The summed E-state index contributed by atoms with van der Waals surface area (Å²) in [7, 11) is 0.333. The highest BCUT2D eigenvalue weighted by Gasteiger charge is 2.51. The number of rotatable bonds is 0. The van der Waals surface area contributed by atoms with Gasteiger partial charge in [-0.3, -0.25) is 0 Å². The van der Waals surface area contributed by atoms with E-state index in [1.807, 2.05) is 20.5 Å². The molecule has 0 spiro atoms. The van der Waals surface area contributed by atoms with Gasteiger partial charge in [0.2, 0.25) is 0 Å². The van der Waals surface area contributed by atoms with Gasteiger partial charge in [-0.15, -0.1) is 9.18 Å². The molecule has 4 aliphatic heterocycles. The molecule has 156 valence electrons. The Morgan fingerprint density at radius 1 is 1.04 bits per heavy atom. The lowest BCUT2D eigenvalue weighted by molar-refractivity contribution is -0.205. The van der Waals surface area contributed by atoms with Crippen LogP contribution in [0, 0.1) is 0 Å². The summed E-state index contributed by atoms with van der Waals surface area (Å²) in [4.78, 5) is 10.9. The molecule has 26 heavy (non-hydrogen) atoms. The summed E-state index contributed by atoms with van der Waals surface area (Å²) >= 11 is 0. The van der Waals surface area contributed by atoms with Crippen molar-refractivity contribution < 1.29 is 38.3 Å². The van der Waals surface area contributed by atoms with Gasteiger partial charge in [0, 0.05) is 0 Å². The second-order valence-corrected chi connectivity index (χ2v) is 6.59. The zero-order chi connectivity index (χ0) is 18.8. The first-order valence-electron chi connectivity index (χ1n) is 8.34. The molecule has 1 N–H and O–H groups in total. The average molecular weight is 399 g/mol. The first-order valence-corrected chi connectivity index (χ1v) is 8.84. The van der Waals surface area contributed by atoms with E-state index in [9.17, 15) is 9.90 Å². The molecule has 6 atom stereocenters. The minimum Gasteiger partial charge on any atom is -0.461 e. The SMILES string of the molecule is C.C.CC1(C)OC2COC(=O)[C@H]2O1.CC1(C)OC2COC(O)[C@H]2O1.[2H]PC. The normalized spacial score (nSPS) is 38.5. The molecule has 0 aromatic rings. The largest absolute Gasteiger partial charge is 0.461 e. The predicted molar refractivity (Wildman–Crippen MR) is 99.7 cm³/mol. The number of fused-ring (bicyclic) bond motifs is 2. The van der Waals surface area contributed by atoms with E-state index < -0.39 is 24.0 Å². The number of ether oxygens (including phenoxy) is 6. The van der Waals surface area contributed by atoms with Crippen molar-refractivity contribution in [3.63, 3.8) is 0 Å². The highest BCUT2D eigenvalue weighted by atomic mass is 31.0. The predicted octanol–water partition coefficient (Wildman–Crippen LogP) is 1.68. The monoisotopic (exact) mass is 399 g/mol. The topological polar surface area (TPSA) is 92.7 Å². The highest BCUT2D eigenvalue weighted by Crippen LogP contribution is 2.34. The highest BCUT2D eigenvalue weighted by molar-refractivity contribution is 7.15. The van der Waals surface area contributed by atoms with Gasteiger partial charge < -0.3 is 33.5 Å². The van der Waals surface area contributed by atoms with Crippen LogP contribution < -0.4 is 0 Å². The fraction of sp³-hybridized carbons (Fsp3) is 0.941.